The summed E-state index contributed by atoms with van der Waals surface area (Å²) in [7, 11) is 0. The number of nitrogens with zero attached hydrogens (tertiary/aromatic N) is 1. The maximum Gasteiger partial charge on any atom is 0.240 e. The molecule has 4 rings (SSSR count). The van der Waals surface area contributed by atoms with Gasteiger partial charge >= 0.3 is 0 Å². The van der Waals surface area contributed by atoms with Crippen LogP contribution in [0.1, 0.15) is 26.7 Å². The van der Waals surface area contributed by atoms with Crippen LogP contribution in [0.3, 0.4) is 0 Å². The van der Waals surface area contributed by atoms with Crippen LogP contribution in [0.15, 0.2) is 18.2 Å². The van der Waals surface area contributed by atoms with E-state index in [2.05, 4.69) is 0 Å². The number of rotatable bonds is 1. The van der Waals surface area contributed by atoms with Gasteiger partial charge in [-0.05, 0) is 44.9 Å². The van der Waals surface area contributed by atoms with Crippen molar-refractivity contribution >= 4 is 40.7 Å². The van der Waals surface area contributed by atoms with Crippen molar-refractivity contribution in [3.63, 3.8) is 0 Å². The Labute approximate surface area is 138 Å². The highest BCUT2D eigenvalue weighted by molar-refractivity contribution is 6.35. The Kier molecular flexibility index (Phi) is 2.80. The molecule has 3 saturated heterocycles. The van der Waals surface area contributed by atoms with Gasteiger partial charge in [0.25, 0.3) is 0 Å². The van der Waals surface area contributed by atoms with Crippen LogP contribution >= 0.6 is 23.2 Å². The van der Waals surface area contributed by atoms with E-state index in [1.165, 1.54) is 4.90 Å². The topological polar surface area (TPSA) is 46.6 Å². The largest absolute Gasteiger partial charge is 0.367 e. The fourth-order valence-corrected chi connectivity index (χ4v) is 4.91. The number of hydrogen-bond acceptors (Lipinski definition) is 3. The summed E-state index contributed by atoms with van der Waals surface area (Å²) in [5, 5.41) is 0.800. The molecule has 4 nitrogen and oxygen atoms in total. The molecule has 22 heavy (non-hydrogen) atoms. The first-order chi connectivity index (χ1) is 10.3. The Hall–Kier alpha value is -1.10. The van der Waals surface area contributed by atoms with E-state index in [-0.39, 0.29) is 11.8 Å². The van der Waals surface area contributed by atoms with E-state index in [0.717, 1.165) is 12.8 Å². The second-order valence-corrected chi connectivity index (χ2v) is 7.70. The van der Waals surface area contributed by atoms with E-state index in [0.29, 0.717) is 15.7 Å². The molecule has 3 heterocycles. The Morgan fingerprint density at radius 2 is 1.45 bits per heavy atom. The minimum absolute atomic E-state index is 0.209. The van der Waals surface area contributed by atoms with Crippen LogP contribution in [0.25, 0.3) is 0 Å². The summed E-state index contributed by atoms with van der Waals surface area (Å²) >= 11 is 12.0. The molecule has 116 valence electrons. The highest BCUT2D eigenvalue weighted by Crippen LogP contribution is 2.61. The summed E-state index contributed by atoms with van der Waals surface area (Å²) in [5.74, 6) is -1.26. The average Bonchev–Trinajstić information content (AvgIpc) is 2.93. The lowest BCUT2D eigenvalue weighted by molar-refractivity contribution is -0.129. The lowest BCUT2D eigenvalue weighted by Gasteiger charge is -2.27. The number of fused-ring (bicyclic) bond motifs is 5. The molecule has 3 aliphatic heterocycles. The van der Waals surface area contributed by atoms with Crippen LogP contribution in [0, 0.1) is 11.8 Å². The fourth-order valence-electron chi connectivity index (χ4n) is 4.39. The van der Waals surface area contributed by atoms with Crippen LogP contribution < -0.4 is 4.90 Å². The van der Waals surface area contributed by atoms with E-state index in [1.54, 1.807) is 18.2 Å². The molecule has 1 aromatic carbocycles. The molecule has 4 atom stereocenters. The first-order valence-corrected chi connectivity index (χ1v) is 8.05. The van der Waals surface area contributed by atoms with Crippen LogP contribution in [-0.4, -0.2) is 23.0 Å². The number of amides is 2. The minimum Gasteiger partial charge on any atom is -0.367 e. The van der Waals surface area contributed by atoms with Crippen LogP contribution in [0.5, 0.6) is 0 Å². The maximum absolute atomic E-state index is 12.9. The standard InChI is InChI=1S/C16H15Cl2NO3/c1-15-3-4-16(2,22-15)12-11(15)13(20)19(14(12)21)10-6-8(17)5-9(18)7-10/h5-7,11-12H,3-4H2,1-2H3/t11-,12+,15-,16+. The number of halogens is 2. The van der Waals surface area contributed by atoms with Crippen molar-refractivity contribution in [3.05, 3.63) is 28.2 Å². The van der Waals surface area contributed by atoms with E-state index >= 15 is 0 Å². The molecule has 0 aromatic heterocycles. The Morgan fingerprint density at radius 1 is 1.00 bits per heavy atom. The van der Waals surface area contributed by atoms with Gasteiger partial charge in [-0.25, -0.2) is 4.90 Å². The molecule has 2 amide bonds. The summed E-state index contributed by atoms with van der Waals surface area (Å²) < 4.78 is 6.07. The van der Waals surface area contributed by atoms with Crippen molar-refractivity contribution in [2.75, 3.05) is 4.90 Å². The normalized spacial score (nSPS) is 39.7. The summed E-state index contributed by atoms with van der Waals surface area (Å²) in [5.41, 5.74) is -0.666. The third kappa shape index (κ3) is 1.69. The molecular formula is C16H15Cl2NO3. The van der Waals surface area contributed by atoms with E-state index in [4.69, 9.17) is 27.9 Å². The van der Waals surface area contributed by atoms with Crippen molar-refractivity contribution in [1.82, 2.24) is 0 Å². The van der Waals surface area contributed by atoms with Crippen molar-refractivity contribution in [2.24, 2.45) is 11.8 Å². The molecule has 0 saturated carbocycles. The van der Waals surface area contributed by atoms with Crippen LogP contribution in [0.4, 0.5) is 5.69 Å². The smallest absolute Gasteiger partial charge is 0.240 e. The lowest BCUT2D eigenvalue weighted by Crippen LogP contribution is -2.40. The zero-order chi connectivity index (χ0) is 15.9. The fraction of sp³-hybridized carbons (Fsp3) is 0.500. The number of carbonyl (C=O) groups is 2. The van der Waals surface area contributed by atoms with Gasteiger partial charge in [-0.1, -0.05) is 23.2 Å². The molecule has 0 radical (unpaired) electrons. The minimum atomic E-state index is -0.552. The van der Waals surface area contributed by atoms with Crippen LogP contribution in [0.2, 0.25) is 10.0 Å². The quantitative estimate of drug-likeness (QED) is 0.736. The van der Waals surface area contributed by atoms with Gasteiger partial charge in [-0.3, -0.25) is 9.59 Å². The third-order valence-electron chi connectivity index (χ3n) is 5.31. The Bertz CT molecular complexity index is 667. The van der Waals surface area contributed by atoms with Gasteiger partial charge in [-0.2, -0.15) is 0 Å². The van der Waals surface area contributed by atoms with Gasteiger partial charge in [0.05, 0.1) is 28.7 Å². The van der Waals surface area contributed by atoms with Gasteiger partial charge in [0.15, 0.2) is 0 Å². The molecule has 2 bridgehead atoms. The average molecular weight is 340 g/mol. The molecule has 3 fully saturated rings. The third-order valence-corrected chi connectivity index (χ3v) is 5.75. The second-order valence-electron chi connectivity index (χ2n) is 6.82. The number of hydrogen-bond donors (Lipinski definition) is 0. The Balaban J connectivity index is 1.82. The predicted octanol–water partition coefficient (Wildman–Crippen LogP) is 3.44. The molecule has 1 aromatic rings. The van der Waals surface area contributed by atoms with Crippen molar-refractivity contribution in [2.45, 2.75) is 37.9 Å². The molecule has 3 aliphatic rings. The monoisotopic (exact) mass is 339 g/mol. The molecule has 0 N–H and O–H groups in total. The first kappa shape index (κ1) is 14.5. The highest BCUT2D eigenvalue weighted by atomic mass is 35.5. The zero-order valence-electron chi connectivity index (χ0n) is 12.2. The SMILES string of the molecule is C[C@]12CC[C@](C)(O1)[C@@H]1C(=O)N(c3cc(Cl)cc(Cl)c3)C(=O)[C@@H]12. The summed E-state index contributed by atoms with van der Waals surface area (Å²) in [4.78, 5) is 27.0. The van der Waals surface area contributed by atoms with E-state index in [9.17, 15) is 9.59 Å². The summed E-state index contributed by atoms with van der Waals surface area (Å²) in [6.45, 7) is 3.87. The van der Waals surface area contributed by atoms with E-state index in [1.807, 2.05) is 13.8 Å². The summed E-state index contributed by atoms with van der Waals surface area (Å²) in [6.07, 6.45) is 1.60. The van der Waals surface area contributed by atoms with Gasteiger partial charge in [-0.15, -0.1) is 0 Å². The second kappa shape index (κ2) is 4.25. The number of carbonyl (C=O) groups excluding carboxylic acids is 2. The van der Waals surface area contributed by atoms with Gasteiger partial charge in [0.2, 0.25) is 11.8 Å². The Morgan fingerprint density at radius 3 is 1.91 bits per heavy atom. The van der Waals surface area contributed by atoms with Gasteiger partial charge < -0.3 is 4.74 Å². The number of anilines is 1. The lowest BCUT2D eigenvalue weighted by atomic mass is 9.69. The summed E-state index contributed by atoms with van der Waals surface area (Å²) in [6, 6.07) is 4.77. The van der Waals surface area contributed by atoms with Crippen molar-refractivity contribution < 1.29 is 14.3 Å². The first-order valence-electron chi connectivity index (χ1n) is 7.29. The molecule has 6 heteroatoms. The van der Waals surface area contributed by atoms with E-state index < -0.39 is 23.0 Å². The number of imide groups is 1. The molecule has 0 aliphatic carbocycles. The van der Waals surface area contributed by atoms with Crippen LogP contribution in [-0.2, 0) is 14.3 Å². The molecular weight excluding hydrogens is 325 g/mol. The van der Waals surface area contributed by atoms with Gasteiger partial charge in [0, 0.05) is 10.0 Å². The van der Waals surface area contributed by atoms with Gasteiger partial charge in [0.1, 0.15) is 0 Å². The molecule has 0 unspecified atom stereocenters. The van der Waals surface area contributed by atoms with Crippen molar-refractivity contribution in [1.29, 1.82) is 0 Å². The predicted molar refractivity (Wildman–Crippen MR) is 83.1 cm³/mol. The maximum atomic E-state index is 12.9. The number of benzene rings is 1. The highest BCUT2D eigenvalue weighted by Gasteiger charge is 2.72. The molecule has 0 spiro atoms. The number of ether oxygens (including phenoxy) is 1. The zero-order valence-corrected chi connectivity index (χ0v) is 13.7. The van der Waals surface area contributed by atoms with Crippen molar-refractivity contribution in [3.8, 4) is 0 Å².